The number of hydrogen-bond acceptors (Lipinski definition) is 0. The Labute approximate surface area is 131 Å². The first kappa shape index (κ1) is 14.5. The zero-order chi connectivity index (χ0) is 15.7. The van der Waals surface area contributed by atoms with E-state index in [9.17, 15) is 0 Å². The molecule has 0 atom stereocenters. The predicted molar refractivity (Wildman–Crippen MR) is 95.5 cm³/mol. The van der Waals surface area contributed by atoms with Crippen LogP contribution >= 0.6 is 0 Å². The summed E-state index contributed by atoms with van der Waals surface area (Å²) >= 11 is 0. The van der Waals surface area contributed by atoms with Crippen molar-refractivity contribution in [2.24, 2.45) is 0 Å². The van der Waals surface area contributed by atoms with Crippen LogP contribution in [0, 0.1) is 27.7 Å². The maximum Gasteiger partial charge on any atom is 0.0456 e. The van der Waals surface area contributed by atoms with Gasteiger partial charge in [0, 0.05) is 34.2 Å². The number of aromatic amines is 2. The molecule has 2 nitrogen and oxygen atoms in total. The Kier molecular flexibility index (Phi) is 3.76. The number of nitrogens with one attached hydrogen (secondary N) is 2. The lowest BCUT2D eigenvalue weighted by Crippen LogP contribution is -1.72. The second-order valence-corrected chi connectivity index (χ2v) is 6.04. The summed E-state index contributed by atoms with van der Waals surface area (Å²) in [6.07, 6.45) is 4.09. The van der Waals surface area contributed by atoms with E-state index in [4.69, 9.17) is 0 Å². The number of aromatic nitrogens is 2. The van der Waals surface area contributed by atoms with Gasteiger partial charge in [0.2, 0.25) is 0 Å². The molecule has 0 saturated carbocycles. The molecule has 2 heteroatoms. The first-order valence-corrected chi connectivity index (χ1v) is 7.63. The van der Waals surface area contributed by atoms with Crippen molar-refractivity contribution >= 4 is 21.8 Å². The molecule has 4 aromatic rings. The Morgan fingerprint density at radius 2 is 1.00 bits per heavy atom. The largest absolute Gasteiger partial charge is 0.361 e. The highest BCUT2D eigenvalue weighted by atomic mass is 14.7. The van der Waals surface area contributed by atoms with E-state index in [1.807, 2.05) is 12.4 Å². The third kappa shape index (κ3) is 2.77. The first-order valence-electron chi connectivity index (χ1n) is 7.63. The van der Waals surface area contributed by atoms with Gasteiger partial charge in [-0.25, -0.2) is 0 Å². The number of benzene rings is 2. The molecule has 0 radical (unpaired) electrons. The molecule has 22 heavy (non-hydrogen) atoms. The van der Waals surface area contributed by atoms with Crippen molar-refractivity contribution in [1.82, 2.24) is 9.97 Å². The Morgan fingerprint density at radius 1 is 0.591 bits per heavy atom. The van der Waals surface area contributed by atoms with Crippen molar-refractivity contribution in [3.63, 3.8) is 0 Å². The molecule has 0 aliphatic heterocycles. The van der Waals surface area contributed by atoms with Crippen LogP contribution in [-0.4, -0.2) is 9.97 Å². The standard InChI is InChI=1S/2C10H11N/c2*1-7-3-4-10-9(5-7)8(2)6-11-10/h2*3-6,11H,1-2H3. The van der Waals surface area contributed by atoms with Crippen molar-refractivity contribution in [2.45, 2.75) is 27.7 Å². The summed E-state index contributed by atoms with van der Waals surface area (Å²) in [5, 5.41) is 2.68. The molecule has 2 heterocycles. The van der Waals surface area contributed by atoms with Crippen LogP contribution < -0.4 is 0 Å². The molecule has 0 fully saturated rings. The van der Waals surface area contributed by atoms with Gasteiger partial charge < -0.3 is 9.97 Å². The fraction of sp³-hybridized carbons (Fsp3) is 0.200. The lowest BCUT2D eigenvalue weighted by Gasteiger charge is -1.92. The van der Waals surface area contributed by atoms with Gasteiger partial charge in [0.25, 0.3) is 0 Å². The molecule has 0 spiro atoms. The van der Waals surface area contributed by atoms with Crippen LogP contribution in [0.2, 0.25) is 0 Å². The van der Waals surface area contributed by atoms with Crippen molar-refractivity contribution in [3.05, 3.63) is 71.0 Å². The van der Waals surface area contributed by atoms with E-state index >= 15 is 0 Å². The third-order valence-corrected chi connectivity index (χ3v) is 4.09. The van der Waals surface area contributed by atoms with E-state index in [0.717, 1.165) is 0 Å². The first-order chi connectivity index (χ1) is 10.5. The number of hydrogen-bond donors (Lipinski definition) is 2. The van der Waals surface area contributed by atoms with Gasteiger partial charge in [-0.05, 0) is 63.1 Å². The highest BCUT2D eigenvalue weighted by Gasteiger charge is 1.98. The number of fused-ring (bicyclic) bond motifs is 2. The topological polar surface area (TPSA) is 31.6 Å². The maximum absolute atomic E-state index is 3.22. The Bertz CT molecular complexity index is 847. The quantitative estimate of drug-likeness (QED) is 0.424. The predicted octanol–water partition coefficient (Wildman–Crippen LogP) is 5.57. The Hall–Kier alpha value is -2.48. The third-order valence-electron chi connectivity index (χ3n) is 4.09. The fourth-order valence-corrected chi connectivity index (χ4v) is 2.75. The van der Waals surface area contributed by atoms with Crippen LogP contribution in [0.3, 0.4) is 0 Å². The average Bonchev–Trinajstić information content (AvgIpc) is 3.04. The lowest BCUT2D eigenvalue weighted by atomic mass is 10.1. The Morgan fingerprint density at radius 3 is 1.41 bits per heavy atom. The van der Waals surface area contributed by atoms with Gasteiger partial charge in [-0.1, -0.05) is 23.3 Å². The minimum atomic E-state index is 1.23. The summed E-state index contributed by atoms with van der Waals surface area (Å²) < 4.78 is 0. The minimum absolute atomic E-state index is 1.23. The SMILES string of the molecule is Cc1ccc2[nH]cc(C)c2c1.Cc1ccc2[nH]cc(C)c2c1. The van der Waals surface area contributed by atoms with Gasteiger partial charge in [-0.2, -0.15) is 0 Å². The van der Waals surface area contributed by atoms with Crippen molar-refractivity contribution < 1.29 is 0 Å². The van der Waals surface area contributed by atoms with E-state index < -0.39 is 0 Å². The van der Waals surface area contributed by atoms with Crippen LogP contribution in [0.1, 0.15) is 22.3 Å². The van der Waals surface area contributed by atoms with E-state index in [2.05, 4.69) is 74.1 Å². The average molecular weight is 290 g/mol. The van der Waals surface area contributed by atoms with Crippen LogP contribution in [0.4, 0.5) is 0 Å². The summed E-state index contributed by atoms with van der Waals surface area (Å²) in [5.74, 6) is 0. The van der Waals surface area contributed by atoms with Crippen LogP contribution in [-0.2, 0) is 0 Å². The van der Waals surface area contributed by atoms with E-state index in [0.29, 0.717) is 0 Å². The smallest absolute Gasteiger partial charge is 0.0456 e. The molecule has 112 valence electrons. The van der Waals surface area contributed by atoms with Gasteiger partial charge in [0.15, 0.2) is 0 Å². The highest BCUT2D eigenvalue weighted by Crippen LogP contribution is 2.18. The van der Waals surface area contributed by atoms with Gasteiger partial charge in [-0.15, -0.1) is 0 Å². The van der Waals surface area contributed by atoms with Crippen molar-refractivity contribution in [3.8, 4) is 0 Å². The van der Waals surface area contributed by atoms with Gasteiger partial charge in [-0.3, -0.25) is 0 Å². The van der Waals surface area contributed by atoms with E-state index in [1.54, 1.807) is 0 Å². The molecule has 2 N–H and O–H groups in total. The van der Waals surface area contributed by atoms with E-state index in [-0.39, 0.29) is 0 Å². The molecule has 0 amide bonds. The maximum atomic E-state index is 3.22. The molecule has 0 saturated heterocycles. The van der Waals surface area contributed by atoms with Crippen molar-refractivity contribution in [2.75, 3.05) is 0 Å². The zero-order valence-electron chi connectivity index (χ0n) is 13.6. The van der Waals surface area contributed by atoms with Gasteiger partial charge >= 0.3 is 0 Å². The van der Waals surface area contributed by atoms with E-state index in [1.165, 1.54) is 44.1 Å². The normalized spacial score (nSPS) is 10.7. The van der Waals surface area contributed by atoms with Crippen LogP contribution in [0.15, 0.2) is 48.8 Å². The van der Waals surface area contributed by atoms with Gasteiger partial charge in [0.1, 0.15) is 0 Å². The number of aryl methyl sites for hydroxylation is 4. The van der Waals surface area contributed by atoms with Crippen LogP contribution in [0.25, 0.3) is 21.8 Å². The second kappa shape index (κ2) is 5.72. The summed E-state index contributed by atoms with van der Waals surface area (Å²) in [6.45, 7) is 8.48. The number of rotatable bonds is 0. The summed E-state index contributed by atoms with van der Waals surface area (Å²) in [5.41, 5.74) is 7.74. The molecule has 0 aliphatic rings. The summed E-state index contributed by atoms with van der Waals surface area (Å²) in [7, 11) is 0. The molecular weight excluding hydrogens is 268 g/mol. The van der Waals surface area contributed by atoms with Gasteiger partial charge in [0.05, 0.1) is 0 Å². The molecule has 0 unspecified atom stereocenters. The summed E-state index contributed by atoms with van der Waals surface area (Å²) in [4.78, 5) is 6.43. The van der Waals surface area contributed by atoms with Crippen molar-refractivity contribution in [1.29, 1.82) is 0 Å². The molecule has 0 aliphatic carbocycles. The number of H-pyrrole nitrogens is 2. The minimum Gasteiger partial charge on any atom is -0.361 e. The molecule has 4 rings (SSSR count). The molecular formula is C20H22N2. The lowest BCUT2D eigenvalue weighted by molar-refractivity contribution is 1.42. The fourth-order valence-electron chi connectivity index (χ4n) is 2.75. The molecule has 0 bridgehead atoms. The van der Waals surface area contributed by atoms with Crippen LogP contribution in [0.5, 0.6) is 0 Å². The monoisotopic (exact) mass is 290 g/mol. The Balaban J connectivity index is 0.000000131. The zero-order valence-corrected chi connectivity index (χ0v) is 13.6. The molecule has 2 aromatic carbocycles. The summed E-state index contributed by atoms with van der Waals surface area (Å²) in [6, 6.07) is 12.9. The molecule has 2 aromatic heterocycles. The second-order valence-electron chi connectivity index (χ2n) is 6.04. The highest BCUT2D eigenvalue weighted by molar-refractivity contribution is 5.84.